The van der Waals surface area contributed by atoms with E-state index in [1.807, 2.05) is 18.3 Å². The molecule has 7 aromatic rings. The monoisotopic (exact) mass is 471 g/mol. The number of hydrogen-bond donors (Lipinski definition) is 0. The molecule has 174 valence electrons. The number of rotatable bonds is 3. The normalized spacial score (nSPS) is 11.4. The fourth-order valence-electron chi connectivity index (χ4n) is 5.64. The molecule has 0 aliphatic rings. The molecule has 0 saturated heterocycles. The molecule has 37 heavy (non-hydrogen) atoms. The first-order valence-corrected chi connectivity index (χ1v) is 12.7. The Hall–Kier alpha value is -4.75. The summed E-state index contributed by atoms with van der Waals surface area (Å²) < 4.78 is 0. The van der Waals surface area contributed by atoms with Crippen LogP contribution in [0.5, 0.6) is 0 Å². The summed E-state index contributed by atoms with van der Waals surface area (Å²) in [5, 5.41) is 7.61. The van der Waals surface area contributed by atoms with Crippen LogP contribution in [-0.2, 0) is 0 Å². The molecule has 0 saturated carbocycles. The van der Waals surface area contributed by atoms with Crippen molar-refractivity contribution in [2.45, 2.75) is 6.92 Å². The fraction of sp³-hybridized carbons (Fsp3) is 0.0278. The highest BCUT2D eigenvalue weighted by molar-refractivity contribution is 6.21. The molecule has 1 aromatic heterocycles. The standard InChI is InChI=1S/C36H25N/c1-24-16-17-26-22-29(19-18-25(26)21-24)36-32-13-4-2-11-30(32)35(31-12-3-5-14-33(31)36)28-10-8-9-27(23-28)34-15-6-7-20-37-34/h2-23H,1H3. The van der Waals surface area contributed by atoms with Gasteiger partial charge in [0.05, 0.1) is 5.69 Å². The summed E-state index contributed by atoms with van der Waals surface area (Å²) in [5.41, 5.74) is 8.41. The van der Waals surface area contributed by atoms with Gasteiger partial charge in [-0.25, -0.2) is 0 Å². The number of fused-ring (bicyclic) bond motifs is 3. The van der Waals surface area contributed by atoms with Gasteiger partial charge in [-0.3, -0.25) is 4.98 Å². The van der Waals surface area contributed by atoms with Gasteiger partial charge in [0.25, 0.3) is 0 Å². The van der Waals surface area contributed by atoms with Crippen LogP contribution in [0, 0.1) is 6.92 Å². The maximum atomic E-state index is 4.59. The molecule has 0 N–H and O–H groups in total. The van der Waals surface area contributed by atoms with Crippen molar-refractivity contribution in [3.63, 3.8) is 0 Å². The minimum Gasteiger partial charge on any atom is -0.256 e. The molecule has 0 fully saturated rings. The quantitative estimate of drug-likeness (QED) is 0.234. The Morgan fingerprint density at radius 1 is 0.432 bits per heavy atom. The zero-order chi connectivity index (χ0) is 24.8. The Balaban J connectivity index is 1.54. The van der Waals surface area contributed by atoms with E-state index in [0.717, 1.165) is 11.3 Å². The number of pyridine rings is 1. The van der Waals surface area contributed by atoms with Crippen LogP contribution >= 0.6 is 0 Å². The third-order valence-corrected chi connectivity index (χ3v) is 7.33. The van der Waals surface area contributed by atoms with Crippen LogP contribution in [0.1, 0.15) is 5.56 Å². The highest BCUT2D eigenvalue weighted by Crippen LogP contribution is 2.44. The fourth-order valence-corrected chi connectivity index (χ4v) is 5.64. The van der Waals surface area contributed by atoms with Crippen molar-refractivity contribution in [2.75, 3.05) is 0 Å². The average molecular weight is 472 g/mol. The van der Waals surface area contributed by atoms with Gasteiger partial charge in [-0.05, 0) is 85.8 Å². The van der Waals surface area contributed by atoms with Crippen molar-refractivity contribution in [3.8, 4) is 33.5 Å². The smallest absolute Gasteiger partial charge is 0.0702 e. The van der Waals surface area contributed by atoms with E-state index < -0.39 is 0 Å². The Morgan fingerprint density at radius 3 is 1.65 bits per heavy atom. The lowest BCUT2D eigenvalue weighted by Crippen LogP contribution is -1.91. The first-order valence-electron chi connectivity index (χ1n) is 12.7. The summed E-state index contributed by atoms with van der Waals surface area (Å²) >= 11 is 0. The van der Waals surface area contributed by atoms with Gasteiger partial charge in [0, 0.05) is 11.8 Å². The number of aryl methyl sites for hydroxylation is 1. The van der Waals surface area contributed by atoms with Gasteiger partial charge >= 0.3 is 0 Å². The predicted molar refractivity (Wildman–Crippen MR) is 158 cm³/mol. The van der Waals surface area contributed by atoms with Crippen LogP contribution in [0.3, 0.4) is 0 Å². The molecule has 0 radical (unpaired) electrons. The maximum Gasteiger partial charge on any atom is 0.0702 e. The van der Waals surface area contributed by atoms with Crippen molar-refractivity contribution in [2.24, 2.45) is 0 Å². The molecule has 1 heteroatoms. The summed E-state index contributed by atoms with van der Waals surface area (Å²) in [7, 11) is 0. The van der Waals surface area contributed by atoms with E-state index in [0.29, 0.717) is 0 Å². The molecule has 0 spiro atoms. The molecular weight excluding hydrogens is 446 g/mol. The van der Waals surface area contributed by atoms with Crippen molar-refractivity contribution in [3.05, 3.63) is 139 Å². The van der Waals surface area contributed by atoms with Gasteiger partial charge < -0.3 is 0 Å². The largest absolute Gasteiger partial charge is 0.256 e. The highest BCUT2D eigenvalue weighted by atomic mass is 14.7. The third-order valence-electron chi connectivity index (χ3n) is 7.33. The molecule has 1 nitrogen and oxygen atoms in total. The average Bonchev–Trinajstić information content (AvgIpc) is 2.96. The molecule has 0 unspecified atom stereocenters. The number of aromatic nitrogens is 1. The van der Waals surface area contributed by atoms with Crippen molar-refractivity contribution in [1.29, 1.82) is 0 Å². The van der Waals surface area contributed by atoms with Gasteiger partial charge in [-0.15, -0.1) is 0 Å². The second-order valence-electron chi connectivity index (χ2n) is 9.70. The predicted octanol–water partition coefficient (Wildman–Crippen LogP) is 9.85. The van der Waals surface area contributed by atoms with E-state index in [1.54, 1.807) is 0 Å². The molecule has 1 heterocycles. The first-order chi connectivity index (χ1) is 18.3. The SMILES string of the molecule is Cc1ccc2cc(-c3c4ccccc4c(-c4cccc(-c5ccccn5)c4)c4ccccc34)ccc2c1. The van der Waals surface area contributed by atoms with Gasteiger partial charge in [0.15, 0.2) is 0 Å². The van der Waals surface area contributed by atoms with Gasteiger partial charge in [-0.2, -0.15) is 0 Å². The minimum absolute atomic E-state index is 0.987. The van der Waals surface area contributed by atoms with E-state index in [1.165, 1.54) is 60.1 Å². The van der Waals surface area contributed by atoms with Crippen LogP contribution in [0.25, 0.3) is 65.8 Å². The van der Waals surface area contributed by atoms with Gasteiger partial charge in [0.1, 0.15) is 0 Å². The number of hydrogen-bond acceptors (Lipinski definition) is 1. The Morgan fingerprint density at radius 2 is 1.00 bits per heavy atom. The van der Waals surface area contributed by atoms with Gasteiger partial charge in [-0.1, -0.05) is 109 Å². The second kappa shape index (κ2) is 8.72. The lowest BCUT2D eigenvalue weighted by atomic mass is 9.85. The Bertz CT molecular complexity index is 1880. The van der Waals surface area contributed by atoms with Crippen molar-refractivity contribution < 1.29 is 0 Å². The van der Waals surface area contributed by atoms with Crippen molar-refractivity contribution >= 4 is 32.3 Å². The minimum atomic E-state index is 0.987. The molecule has 0 amide bonds. The van der Waals surface area contributed by atoms with Gasteiger partial charge in [0.2, 0.25) is 0 Å². The third kappa shape index (κ3) is 3.68. The summed E-state index contributed by atoms with van der Waals surface area (Å²) in [6.07, 6.45) is 1.85. The summed E-state index contributed by atoms with van der Waals surface area (Å²) in [6, 6.07) is 46.1. The maximum absolute atomic E-state index is 4.59. The Labute approximate surface area is 216 Å². The topological polar surface area (TPSA) is 12.9 Å². The summed E-state index contributed by atoms with van der Waals surface area (Å²) in [4.78, 5) is 4.59. The zero-order valence-corrected chi connectivity index (χ0v) is 20.6. The van der Waals surface area contributed by atoms with Crippen LogP contribution in [0.15, 0.2) is 134 Å². The van der Waals surface area contributed by atoms with Crippen LogP contribution in [-0.4, -0.2) is 4.98 Å². The molecule has 0 aliphatic heterocycles. The van der Waals surface area contributed by atoms with E-state index in [9.17, 15) is 0 Å². The van der Waals surface area contributed by atoms with E-state index in [4.69, 9.17) is 0 Å². The Kier molecular flexibility index (Phi) is 5.08. The lowest BCUT2D eigenvalue weighted by molar-refractivity contribution is 1.33. The molecule has 0 atom stereocenters. The highest BCUT2D eigenvalue weighted by Gasteiger charge is 2.17. The van der Waals surface area contributed by atoms with E-state index >= 15 is 0 Å². The zero-order valence-electron chi connectivity index (χ0n) is 20.6. The molecular formula is C36H25N. The molecule has 7 rings (SSSR count). The summed E-state index contributed by atoms with van der Waals surface area (Å²) in [5.74, 6) is 0. The number of benzene rings is 6. The van der Waals surface area contributed by atoms with Crippen LogP contribution < -0.4 is 0 Å². The summed E-state index contributed by atoms with van der Waals surface area (Å²) in [6.45, 7) is 2.15. The molecule has 0 bridgehead atoms. The van der Waals surface area contributed by atoms with E-state index in [2.05, 4.69) is 127 Å². The van der Waals surface area contributed by atoms with Crippen LogP contribution in [0.2, 0.25) is 0 Å². The molecule has 6 aromatic carbocycles. The number of nitrogens with zero attached hydrogens (tertiary/aromatic N) is 1. The first kappa shape index (κ1) is 21.5. The van der Waals surface area contributed by atoms with Crippen LogP contribution in [0.4, 0.5) is 0 Å². The lowest BCUT2D eigenvalue weighted by Gasteiger charge is -2.18. The second-order valence-corrected chi connectivity index (χ2v) is 9.70. The molecule has 0 aliphatic carbocycles. The van der Waals surface area contributed by atoms with Crippen molar-refractivity contribution in [1.82, 2.24) is 4.98 Å². The van der Waals surface area contributed by atoms with E-state index in [-0.39, 0.29) is 0 Å².